The highest BCUT2D eigenvalue weighted by Crippen LogP contribution is 2.39. The molecule has 0 spiro atoms. The molecule has 1 aliphatic heterocycles. The first-order chi connectivity index (χ1) is 12.9. The van der Waals surface area contributed by atoms with Gasteiger partial charge in [0.25, 0.3) is 11.1 Å². The van der Waals surface area contributed by atoms with E-state index < -0.39 is 17.1 Å². The summed E-state index contributed by atoms with van der Waals surface area (Å²) in [6.45, 7) is 1.81. The molecule has 7 nitrogen and oxygen atoms in total. The molecule has 142 valence electrons. The molecule has 0 radical (unpaired) electrons. The lowest BCUT2D eigenvalue weighted by Gasteiger charge is -2.14. The molecule has 9 heteroatoms. The molecule has 1 heterocycles. The quantitative estimate of drug-likeness (QED) is 0.356. The second-order valence-electron chi connectivity index (χ2n) is 5.10. The average molecular weight is 454 g/mol. The Labute approximate surface area is 169 Å². The van der Waals surface area contributed by atoms with E-state index in [1.54, 1.807) is 25.1 Å². The Morgan fingerprint density at radius 2 is 2.11 bits per heavy atom. The van der Waals surface area contributed by atoms with Crippen molar-refractivity contribution >= 4 is 50.9 Å². The Bertz CT molecular complexity index is 845. The van der Waals surface area contributed by atoms with Gasteiger partial charge < -0.3 is 14.2 Å². The smallest absolute Gasteiger partial charge is 0.343 e. The van der Waals surface area contributed by atoms with Crippen molar-refractivity contribution in [2.45, 2.75) is 6.92 Å². The molecular weight excluding hydrogens is 438 g/mol. The second-order valence-corrected chi connectivity index (χ2v) is 6.95. The number of hydrogen-bond acceptors (Lipinski definition) is 7. The third-order valence-corrected chi connectivity index (χ3v) is 4.81. The van der Waals surface area contributed by atoms with Gasteiger partial charge in [-0.1, -0.05) is 5.92 Å². The number of hydrogen-bond donors (Lipinski definition) is 0. The Morgan fingerprint density at radius 1 is 1.37 bits per heavy atom. The summed E-state index contributed by atoms with van der Waals surface area (Å²) in [5.74, 6) is 2.03. The van der Waals surface area contributed by atoms with Gasteiger partial charge in [0, 0.05) is 0 Å². The van der Waals surface area contributed by atoms with E-state index in [1.165, 1.54) is 7.11 Å². The van der Waals surface area contributed by atoms with Crippen molar-refractivity contribution < 1.29 is 28.6 Å². The van der Waals surface area contributed by atoms with Gasteiger partial charge in [-0.15, -0.1) is 6.42 Å². The van der Waals surface area contributed by atoms with Gasteiger partial charge in [0.1, 0.15) is 0 Å². The van der Waals surface area contributed by atoms with E-state index in [1.807, 2.05) is 0 Å². The fourth-order valence-corrected chi connectivity index (χ4v) is 3.56. The van der Waals surface area contributed by atoms with E-state index >= 15 is 0 Å². The molecule has 1 saturated heterocycles. The predicted molar refractivity (Wildman–Crippen MR) is 104 cm³/mol. The third kappa shape index (κ3) is 5.05. The summed E-state index contributed by atoms with van der Waals surface area (Å²) in [6.07, 6.45) is 6.75. The van der Waals surface area contributed by atoms with Crippen LogP contribution in [0.5, 0.6) is 11.5 Å². The van der Waals surface area contributed by atoms with E-state index in [2.05, 4.69) is 26.6 Å². The molecule has 0 unspecified atom stereocenters. The van der Waals surface area contributed by atoms with Crippen molar-refractivity contribution in [1.29, 1.82) is 0 Å². The van der Waals surface area contributed by atoms with Crippen LogP contribution in [0.4, 0.5) is 4.79 Å². The number of imide groups is 1. The molecule has 0 saturated carbocycles. The first-order valence-corrected chi connectivity index (χ1v) is 9.37. The van der Waals surface area contributed by atoms with E-state index in [4.69, 9.17) is 15.9 Å². The van der Waals surface area contributed by atoms with Crippen LogP contribution in [0.1, 0.15) is 12.5 Å². The average Bonchev–Trinajstić information content (AvgIpc) is 2.89. The Morgan fingerprint density at radius 3 is 2.74 bits per heavy atom. The first-order valence-electron chi connectivity index (χ1n) is 7.76. The normalized spacial score (nSPS) is 15.0. The number of halogens is 1. The summed E-state index contributed by atoms with van der Waals surface area (Å²) < 4.78 is 16.1. The van der Waals surface area contributed by atoms with E-state index in [9.17, 15) is 14.4 Å². The minimum Gasteiger partial charge on any atom is -0.490 e. The van der Waals surface area contributed by atoms with Gasteiger partial charge in [-0.05, 0) is 58.4 Å². The minimum atomic E-state index is -0.532. The van der Waals surface area contributed by atoms with Gasteiger partial charge in [-0.3, -0.25) is 14.5 Å². The van der Waals surface area contributed by atoms with Crippen molar-refractivity contribution in [1.82, 2.24) is 4.90 Å². The molecule has 0 atom stereocenters. The topological polar surface area (TPSA) is 82.1 Å². The molecule has 2 amide bonds. The molecule has 0 aromatic heterocycles. The Hall–Kier alpha value is -2.44. The van der Waals surface area contributed by atoms with Gasteiger partial charge in [-0.25, -0.2) is 4.79 Å². The van der Waals surface area contributed by atoms with Gasteiger partial charge >= 0.3 is 5.97 Å². The monoisotopic (exact) mass is 453 g/mol. The number of ether oxygens (including phenoxy) is 3. The number of esters is 1. The fraction of sp³-hybridized carbons (Fsp3) is 0.278. The van der Waals surface area contributed by atoms with Gasteiger partial charge in [0.15, 0.2) is 18.1 Å². The molecule has 0 aliphatic carbocycles. The van der Waals surface area contributed by atoms with Crippen LogP contribution in [0.3, 0.4) is 0 Å². The number of terminal acetylenes is 1. The Balaban J connectivity index is 2.33. The molecule has 1 aromatic carbocycles. The van der Waals surface area contributed by atoms with E-state index in [0.29, 0.717) is 28.1 Å². The molecule has 2 rings (SSSR count). The second kappa shape index (κ2) is 9.48. The summed E-state index contributed by atoms with van der Waals surface area (Å²) in [5.41, 5.74) is 0.613. The minimum absolute atomic E-state index is 0.0732. The highest BCUT2D eigenvalue weighted by molar-refractivity contribution is 9.10. The number of methoxy groups -OCH3 is 1. The maximum Gasteiger partial charge on any atom is 0.343 e. The molecule has 27 heavy (non-hydrogen) atoms. The van der Waals surface area contributed by atoms with Crippen LogP contribution in [0, 0.1) is 12.3 Å². The fourth-order valence-electron chi connectivity index (χ4n) is 2.14. The van der Waals surface area contributed by atoms with Crippen LogP contribution in [0.15, 0.2) is 21.5 Å². The summed E-state index contributed by atoms with van der Waals surface area (Å²) in [5, 5.41) is -0.411. The molecular formula is C18H16BrNO6S. The number of nitrogens with zero attached hydrogens (tertiary/aromatic N) is 1. The van der Waals surface area contributed by atoms with Gasteiger partial charge in [-0.2, -0.15) is 0 Å². The SMILES string of the molecule is C#CCN1C(=O)S/C(=C/c2cc(Br)c(OCC(=O)OC)c(OCC)c2)C1=O. The van der Waals surface area contributed by atoms with Gasteiger partial charge in [0.2, 0.25) is 0 Å². The zero-order valence-corrected chi connectivity index (χ0v) is 17.0. The number of amides is 2. The van der Waals surface area contributed by atoms with Crippen LogP contribution in [0.25, 0.3) is 6.08 Å². The lowest BCUT2D eigenvalue weighted by atomic mass is 10.2. The molecule has 1 aliphatic rings. The zero-order valence-electron chi connectivity index (χ0n) is 14.6. The molecule has 0 bridgehead atoms. The summed E-state index contributed by atoms with van der Waals surface area (Å²) in [4.78, 5) is 36.7. The molecule has 1 fully saturated rings. The number of benzene rings is 1. The van der Waals surface area contributed by atoms with Crippen LogP contribution < -0.4 is 9.47 Å². The summed E-state index contributed by atoms with van der Waals surface area (Å²) >= 11 is 4.19. The predicted octanol–water partition coefficient (Wildman–Crippen LogP) is 3.07. The van der Waals surface area contributed by atoms with Crippen LogP contribution in [-0.4, -0.2) is 48.9 Å². The van der Waals surface area contributed by atoms with Gasteiger partial charge in [0.05, 0.1) is 29.6 Å². The van der Waals surface area contributed by atoms with E-state index in [-0.39, 0.29) is 18.1 Å². The highest BCUT2D eigenvalue weighted by Gasteiger charge is 2.34. The third-order valence-electron chi connectivity index (χ3n) is 3.31. The Kier molecular flexibility index (Phi) is 7.33. The first kappa shape index (κ1) is 20.9. The van der Waals surface area contributed by atoms with Crippen molar-refractivity contribution in [2.24, 2.45) is 0 Å². The van der Waals surface area contributed by atoms with Crippen LogP contribution in [0.2, 0.25) is 0 Å². The van der Waals surface area contributed by atoms with Crippen molar-refractivity contribution in [3.05, 3.63) is 27.1 Å². The summed E-state index contributed by atoms with van der Waals surface area (Å²) in [6, 6.07) is 3.33. The number of carbonyl (C=O) groups is 3. The lowest BCUT2D eigenvalue weighted by Crippen LogP contribution is -2.28. The highest BCUT2D eigenvalue weighted by atomic mass is 79.9. The van der Waals surface area contributed by atoms with Crippen LogP contribution >= 0.6 is 27.7 Å². The van der Waals surface area contributed by atoms with Crippen LogP contribution in [-0.2, 0) is 14.3 Å². The van der Waals surface area contributed by atoms with Crippen molar-refractivity contribution in [2.75, 3.05) is 26.9 Å². The number of thioether (sulfide) groups is 1. The molecule has 0 N–H and O–H groups in total. The summed E-state index contributed by atoms with van der Waals surface area (Å²) in [7, 11) is 1.26. The maximum absolute atomic E-state index is 12.3. The van der Waals surface area contributed by atoms with Crippen molar-refractivity contribution in [3.63, 3.8) is 0 Å². The van der Waals surface area contributed by atoms with Crippen molar-refractivity contribution in [3.8, 4) is 23.8 Å². The number of rotatable bonds is 7. The number of carbonyl (C=O) groups excluding carboxylic acids is 3. The zero-order chi connectivity index (χ0) is 20.0. The van der Waals surface area contributed by atoms with E-state index in [0.717, 1.165) is 16.7 Å². The molecule has 1 aromatic rings. The lowest BCUT2D eigenvalue weighted by molar-refractivity contribution is -0.143. The standard InChI is InChI=1S/C18H16BrNO6S/c1-4-6-20-17(22)14(27-18(20)23)9-11-7-12(19)16(13(8-11)25-5-2)26-10-15(21)24-3/h1,7-9H,5-6,10H2,2-3H3/b14-9+. The largest absolute Gasteiger partial charge is 0.490 e. The maximum atomic E-state index is 12.3.